The molecule has 2 rings (SSSR count). The van der Waals surface area contributed by atoms with E-state index in [1.54, 1.807) is 0 Å². The van der Waals surface area contributed by atoms with E-state index in [0.29, 0.717) is 5.92 Å². The molecule has 0 amide bonds. The molecule has 1 saturated carbocycles. The largest absolute Gasteiger partial charge is 0.382 e. The van der Waals surface area contributed by atoms with Gasteiger partial charge in [0, 0.05) is 18.3 Å². The Bertz CT molecular complexity index is 322. The van der Waals surface area contributed by atoms with E-state index in [1.807, 2.05) is 11.7 Å². The fraction of sp³-hybridized carbons (Fsp3) is 0.727. The normalized spacial score (nSPS) is 18.7. The molecule has 0 radical (unpaired) electrons. The summed E-state index contributed by atoms with van der Waals surface area (Å²) in [6, 6.07) is 0. The summed E-state index contributed by atoms with van der Waals surface area (Å²) >= 11 is 0. The fourth-order valence-electron chi connectivity index (χ4n) is 2.55. The van der Waals surface area contributed by atoms with Crippen LogP contribution in [0.4, 0.5) is 5.82 Å². The first-order chi connectivity index (χ1) is 6.70. The molecule has 0 saturated heterocycles. The van der Waals surface area contributed by atoms with Gasteiger partial charge in [-0.1, -0.05) is 19.3 Å². The Kier molecular flexibility index (Phi) is 2.48. The molecule has 3 heteroatoms. The molecule has 78 valence electrons. The van der Waals surface area contributed by atoms with Crippen LogP contribution in [0.15, 0.2) is 0 Å². The maximum Gasteiger partial charge on any atom is 0.149 e. The van der Waals surface area contributed by atoms with Crippen molar-refractivity contribution in [1.82, 2.24) is 9.78 Å². The quantitative estimate of drug-likeness (QED) is 0.744. The number of aromatic nitrogens is 2. The highest BCUT2D eigenvalue weighted by Gasteiger charge is 2.22. The minimum Gasteiger partial charge on any atom is -0.382 e. The zero-order valence-corrected chi connectivity index (χ0v) is 9.08. The van der Waals surface area contributed by atoms with Gasteiger partial charge in [-0.3, -0.25) is 4.68 Å². The first-order valence-electron chi connectivity index (χ1n) is 5.49. The van der Waals surface area contributed by atoms with Crippen molar-refractivity contribution in [3.05, 3.63) is 11.3 Å². The molecule has 3 nitrogen and oxygen atoms in total. The summed E-state index contributed by atoms with van der Waals surface area (Å²) < 4.78 is 1.90. The number of nitrogen functional groups attached to an aromatic ring is 1. The van der Waals surface area contributed by atoms with Crippen LogP contribution in [0, 0.1) is 6.92 Å². The van der Waals surface area contributed by atoms with Gasteiger partial charge >= 0.3 is 0 Å². The second-order valence-corrected chi connectivity index (χ2v) is 4.34. The lowest BCUT2D eigenvalue weighted by Gasteiger charge is -2.21. The average molecular weight is 193 g/mol. The van der Waals surface area contributed by atoms with Crippen LogP contribution < -0.4 is 5.73 Å². The standard InChI is InChI=1S/C11H19N3/c1-8-10(11(12)13-14(8)2)9-6-4-3-5-7-9/h9H,3-7H2,1-2H3,(H2,12,13). The van der Waals surface area contributed by atoms with Gasteiger partial charge in [0.1, 0.15) is 5.82 Å². The molecule has 0 bridgehead atoms. The second-order valence-electron chi connectivity index (χ2n) is 4.34. The lowest BCUT2D eigenvalue weighted by Crippen LogP contribution is -2.07. The summed E-state index contributed by atoms with van der Waals surface area (Å²) in [7, 11) is 1.97. The van der Waals surface area contributed by atoms with Gasteiger partial charge in [0.15, 0.2) is 0 Å². The predicted octanol–water partition coefficient (Wildman–Crippen LogP) is 2.36. The highest BCUT2D eigenvalue weighted by atomic mass is 15.3. The third-order valence-electron chi connectivity index (χ3n) is 3.42. The van der Waals surface area contributed by atoms with Gasteiger partial charge in [-0.05, 0) is 25.7 Å². The minimum atomic E-state index is 0.664. The van der Waals surface area contributed by atoms with E-state index in [1.165, 1.54) is 43.4 Å². The molecule has 2 N–H and O–H groups in total. The number of nitrogens with zero attached hydrogens (tertiary/aromatic N) is 2. The molecule has 0 unspecified atom stereocenters. The van der Waals surface area contributed by atoms with E-state index >= 15 is 0 Å². The van der Waals surface area contributed by atoms with Crippen LogP contribution in [0.1, 0.15) is 49.3 Å². The number of hydrogen-bond acceptors (Lipinski definition) is 2. The smallest absolute Gasteiger partial charge is 0.149 e. The highest BCUT2D eigenvalue weighted by Crippen LogP contribution is 2.36. The Hall–Kier alpha value is -0.990. The van der Waals surface area contributed by atoms with E-state index in [0.717, 1.165) is 5.82 Å². The second kappa shape index (κ2) is 3.64. The third-order valence-corrected chi connectivity index (χ3v) is 3.42. The van der Waals surface area contributed by atoms with Crippen LogP contribution in [-0.4, -0.2) is 9.78 Å². The summed E-state index contributed by atoms with van der Waals surface area (Å²) in [5, 5.41) is 4.28. The fourth-order valence-corrected chi connectivity index (χ4v) is 2.55. The van der Waals surface area contributed by atoms with Crippen molar-refractivity contribution in [2.75, 3.05) is 5.73 Å². The van der Waals surface area contributed by atoms with Crippen molar-refractivity contribution in [3.8, 4) is 0 Å². The molecule has 1 aromatic heterocycles. The number of rotatable bonds is 1. The Balaban J connectivity index is 2.29. The molecule has 0 spiro atoms. The van der Waals surface area contributed by atoms with Gasteiger partial charge in [-0.2, -0.15) is 5.10 Å². The Morgan fingerprint density at radius 2 is 1.93 bits per heavy atom. The average Bonchev–Trinajstić information content (AvgIpc) is 2.43. The Morgan fingerprint density at radius 1 is 1.29 bits per heavy atom. The molecule has 0 aromatic carbocycles. The summed E-state index contributed by atoms with van der Waals surface area (Å²) in [6.07, 6.45) is 6.65. The molecule has 0 atom stereocenters. The lowest BCUT2D eigenvalue weighted by atomic mass is 9.84. The van der Waals surface area contributed by atoms with Crippen molar-refractivity contribution in [2.24, 2.45) is 7.05 Å². The first kappa shape index (κ1) is 9.56. The van der Waals surface area contributed by atoms with Crippen LogP contribution in [0.2, 0.25) is 0 Å². The zero-order valence-electron chi connectivity index (χ0n) is 9.08. The van der Waals surface area contributed by atoms with Crippen LogP contribution in [0.5, 0.6) is 0 Å². The van der Waals surface area contributed by atoms with E-state index in [4.69, 9.17) is 5.73 Å². The van der Waals surface area contributed by atoms with Gasteiger partial charge in [0.05, 0.1) is 0 Å². The monoisotopic (exact) mass is 193 g/mol. The summed E-state index contributed by atoms with van der Waals surface area (Å²) in [6.45, 7) is 2.12. The Labute approximate surface area is 85.3 Å². The summed E-state index contributed by atoms with van der Waals surface area (Å²) in [5.41, 5.74) is 8.50. The van der Waals surface area contributed by atoms with E-state index in [2.05, 4.69) is 12.0 Å². The van der Waals surface area contributed by atoms with Gasteiger partial charge in [-0.15, -0.1) is 0 Å². The number of hydrogen-bond donors (Lipinski definition) is 1. The van der Waals surface area contributed by atoms with E-state index < -0.39 is 0 Å². The maximum atomic E-state index is 5.94. The van der Waals surface area contributed by atoms with Crippen molar-refractivity contribution < 1.29 is 0 Å². The molecule has 1 aromatic rings. The van der Waals surface area contributed by atoms with Crippen molar-refractivity contribution in [3.63, 3.8) is 0 Å². The summed E-state index contributed by atoms with van der Waals surface area (Å²) in [4.78, 5) is 0. The lowest BCUT2D eigenvalue weighted by molar-refractivity contribution is 0.442. The molecular formula is C11H19N3. The Morgan fingerprint density at radius 3 is 2.43 bits per heavy atom. The maximum absolute atomic E-state index is 5.94. The van der Waals surface area contributed by atoms with Crippen molar-refractivity contribution in [1.29, 1.82) is 0 Å². The highest BCUT2D eigenvalue weighted by molar-refractivity contribution is 5.45. The van der Waals surface area contributed by atoms with Gasteiger partial charge in [-0.25, -0.2) is 0 Å². The van der Waals surface area contributed by atoms with Crippen LogP contribution in [-0.2, 0) is 7.05 Å². The van der Waals surface area contributed by atoms with Gasteiger partial charge < -0.3 is 5.73 Å². The zero-order chi connectivity index (χ0) is 10.1. The number of anilines is 1. The SMILES string of the molecule is Cc1c(C2CCCCC2)c(N)nn1C. The minimum absolute atomic E-state index is 0.664. The molecular weight excluding hydrogens is 174 g/mol. The summed E-state index contributed by atoms with van der Waals surface area (Å²) in [5.74, 6) is 1.41. The molecule has 1 heterocycles. The number of aryl methyl sites for hydroxylation is 1. The van der Waals surface area contributed by atoms with Gasteiger partial charge in [0.2, 0.25) is 0 Å². The van der Waals surface area contributed by atoms with E-state index in [9.17, 15) is 0 Å². The molecule has 0 aliphatic heterocycles. The topological polar surface area (TPSA) is 43.8 Å². The predicted molar refractivity (Wildman–Crippen MR) is 58.2 cm³/mol. The van der Waals surface area contributed by atoms with Crippen LogP contribution in [0.25, 0.3) is 0 Å². The third kappa shape index (κ3) is 1.51. The van der Waals surface area contributed by atoms with Crippen LogP contribution >= 0.6 is 0 Å². The van der Waals surface area contributed by atoms with Crippen LogP contribution in [0.3, 0.4) is 0 Å². The van der Waals surface area contributed by atoms with Crippen molar-refractivity contribution >= 4 is 5.82 Å². The molecule has 1 aliphatic rings. The number of nitrogens with two attached hydrogens (primary N) is 1. The first-order valence-corrected chi connectivity index (χ1v) is 5.49. The van der Waals surface area contributed by atoms with E-state index in [-0.39, 0.29) is 0 Å². The molecule has 1 fully saturated rings. The molecule has 1 aliphatic carbocycles. The van der Waals surface area contributed by atoms with Crippen molar-refractivity contribution in [2.45, 2.75) is 44.9 Å². The van der Waals surface area contributed by atoms with Gasteiger partial charge in [0.25, 0.3) is 0 Å². The molecule has 14 heavy (non-hydrogen) atoms.